The lowest BCUT2D eigenvalue weighted by atomic mass is 9.87. The number of phosphoric acid groups is 1. The molecule has 4 atom stereocenters. The van der Waals surface area contributed by atoms with E-state index in [2.05, 4.69) is 11.1 Å². The highest BCUT2D eigenvalue weighted by molar-refractivity contribution is 7.47. The molecule has 3 N–H and O–H groups in total. The number of rotatable bonds is 6. The molecule has 0 saturated carbocycles. The van der Waals surface area contributed by atoms with Crippen LogP contribution in [0.15, 0.2) is 17.1 Å². The summed E-state index contributed by atoms with van der Waals surface area (Å²) in [6.45, 7) is 4.57. The van der Waals surface area contributed by atoms with Crippen molar-refractivity contribution in [2.24, 2.45) is 5.41 Å². The average Bonchev–Trinajstić information content (AvgIpc) is 2.82. The maximum atomic E-state index is 12.0. The van der Waals surface area contributed by atoms with E-state index in [1.807, 2.05) is 0 Å². The molecule has 1 unspecified atom stereocenters. The Hall–Kier alpha value is -1.76. The molecule has 1 saturated heterocycles. The van der Waals surface area contributed by atoms with Crippen molar-refractivity contribution in [1.82, 2.24) is 9.55 Å². The van der Waals surface area contributed by atoms with Crippen LogP contribution in [0.2, 0.25) is 0 Å². The first kappa shape index (κ1) is 19.6. The van der Waals surface area contributed by atoms with Gasteiger partial charge in [0.15, 0.2) is 6.23 Å². The van der Waals surface area contributed by atoms with Gasteiger partial charge in [0.2, 0.25) is 0 Å². The molecule has 138 valence electrons. The second-order valence-corrected chi connectivity index (χ2v) is 7.71. The van der Waals surface area contributed by atoms with Crippen LogP contribution in [0.4, 0.5) is 5.82 Å². The lowest BCUT2D eigenvalue weighted by molar-refractivity contribution is -0.0441. The summed E-state index contributed by atoms with van der Waals surface area (Å²) in [5, 5.41) is 9.51. The molecule has 25 heavy (non-hydrogen) atoms. The van der Waals surface area contributed by atoms with Gasteiger partial charge in [0, 0.05) is 6.20 Å². The molecule has 11 heteroatoms. The highest BCUT2D eigenvalue weighted by Crippen LogP contribution is 2.48. The van der Waals surface area contributed by atoms with Crippen molar-refractivity contribution in [3.05, 3.63) is 22.7 Å². The Balaban J connectivity index is 2.15. The molecule has 10 nitrogen and oxygen atoms in total. The van der Waals surface area contributed by atoms with Crippen LogP contribution in [-0.2, 0) is 18.3 Å². The van der Waals surface area contributed by atoms with Gasteiger partial charge in [-0.3, -0.25) is 13.6 Å². The molecular formula is C14H21N4O6P. The molecule has 1 fully saturated rings. The largest absolute Gasteiger partial charge is 0.472 e. The maximum Gasteiger partial charge on any atom is 0.472 e. The number of nitriles is 1. The molecule has 0 amide bonds. The molecule has 0 aliphatic carbocycles. The van der Waals surface area contributed by atoms with Crippen LogP contribution >= 0.6 is 7.82 Å². The highest BCUT2D eigenvalue weighted by atomic mass is 31.2. The Labute approximate surface area is 144 Å². The van der Waals surface area contributed by atoms with Crippen LogP contribution in [0.5, 0.6) is 0 Å². The van der Waals surface area contributed by atoms with E-state index in [4.69, 9.17) is 19.5 Å². The smallest absolute Gasteiger partial charge is 0.383 e. The maximum absolute atomic E-state index is 12.0. The average molecular weight is 372 g/mol. The Morgan fingerprint density at radius 2 is 2.36 bits per heavy atom. The Kier molecular flexibility index (Phi) is 5.66. The topological polar surface area (TPSA) is 150 Å². The molecule has 1 aromatic rings. The van der Waals surface area contributed by atoms with E-state index in [0.717, 1.165) is 0 Å². The number of hydrogen-bond acceptors (Lipinski definition) is 8. The second kappa shape index (κ2) is 7.23. The van der Waals surface area contributed by atoms with Gasteiger partial charge in [-0.1, -0.05) is 0 Å². The minimum absolute atomic E-state index is 0.0600. The zero-order chi connectivity index (χ0) is 18.8. The zero-order valence-electron chi connectivity index (χ0n) is 14.2. The van der Waals surface area contributed by atoms with Gasteiger partial charge in [0.1, 0.15) is 11.2 Å². The molecule has 2 heterocycles. The molecule has 1 aromatic heterocycles. The Morgan fingerprint density at radius 3 is 2.92 bits per heavy atom. The fourth-order valence-electron chi connectivity index (χ4n) is 2.60. The number of nitrogens with two attached hydrogens (primary N) is 1. The molecule has 1 aliphatic heterocycles. The van der Waals surface area contributed by atoms with Crippen molar-refractivity contribution < 1.29 is 23.2 Å². The minimum Gasteiger partial charge on any atom is -0.383 e. The van der Waals surface area contributed by atoms with Crippen molar-refractivity contribution in [3.63, 3.8) is 0 Å². The van der Waals surface area contributed by atoms with Crippen molar-refractivity contribution >= 4 is 13.6 Å². The number of ether oxygens (including phenoxy) is 1. The van der Waals surface area contributed by atoms with E-state index in [0.29, 0.717) is 0 Å². The normalized spacial score (nSPS) is 28.6. The van der Waals surface area contributed by atoms with Crippen LogP contribution in [-0.4, -0.2) is 33.3 Å². The number of nitrogen functional groups attached to an aromatic ring is 1. The first-order chi connectivity index (χ1) is 11.6. The van der Waals surface area contributed by atoms with E-state index >= 15 is 0 Å². The fourth-order valence-corrected chi connectivity index (χ4v) is 3.55. The second-order valence-electron chi connectivity index (χ2n) is 6.30. The van der Waals surface area contributed by atoms with Crippen molar-refractivity contribution in [1.29, 1.82) is 5.26 Å². The van der Waals surface area contributed by atoms with Gasteiger partial charge in [0.25, 0.3) is 0 Å². The van der Waals surface area contributed by atoms with Crippen molar-refractivity contribution in [2.45, 2.75) is 45.6 Å². The SMILES string of the molecule is CC(C)OP(=O)(O)OC[C@@H]1C[C@@](C)(C#N)[C@H](n2ccc(N)nc2=O)O1. The van der Waals surface area contributed by atoms with Crippen LogP contribution in [0.3, 0.4) is 0 Å². The van der Waals surface area contributed by atoms with Gasteiger partial charge in [-0.05, 0) is 33.3 Å². The van der Waals surface area contributed by atoms with Crippen LogP contribution in [0, 0.1) is 16.7 Å². The van der Waals surface area contributed by atoms with Crippen LogP contribution < -0.4 is 11.4 Å². The molecule has 0 bridgehead atoms. The number of aromatic nitrogens is 2. The van der Waals surface area contributed by atoms with E-state index in [1.165, 1.54) is 16.8 Å². The lowest BCUT2D eigenvalue weighted by Gasteiger charge is -2.23. The van der Waals surface area contributed by atoms with Gasteiger partial charge >= 0.3 is 13.5 Å². The summed E-state index contributed by atoms with van der Waals surface area (Å²) in [6, 6.07) is 3.55. The monoisotopic (exact) mass is 372 g/mol. The third-order valence-corrected chi connectivity index (χ3v) is 4.81. The molecule has 0 radical (unpaired) electrons. The van der Waals surface area contributed by atoms with Gasteiger partial charge in [-0.15, -0.1) is 0 Å². The van der Waals surface area contributed by atoms with Gasteiger partial charge in [0.05, 0.1) is 24.9 Å². The van der Waals surface area contributed by atoms with Gasteiger partial charge in [-0.25, -0.2) is 9.36 Å². The first-order valence-corrected chi connectivity index (χ1v) is 9.13. The fraction of sp³-hybridized carbons (Fsp3) is 0.643. The van der Waals surface area contributed by atoms with Crippen molar-refractivity contribution in [3.8, 4) is 6.07 Å². The van der Waals surface area contributed by atoms with E-state index in [9.17, 15) is 19.5 Å². The lowest BCUT2D eigenvalue weighted by Crippen LogP contribution is -2.33. The Bertz CT molecular complexity index is 775. The number of anilines is 1. The zero-order valence-corrected chi connectivity index (χ0v) is 15.1. The first-order valence-electron chi connectivity index (χ1n) is 7.63. The van der Waals surface area contributed by atoms with E-state index in [-0.39, 0.29) is 18.8 Å². The molecule has 2 rings (SSSR count). The van der Waals surface area contributed by atoms with Crippen molar-refractivity contribution in [2.75, 3.05) is 12.3 Å². The van der Waals surface area contributed by atoms with E-state index < -0.39 is 37.4 Å². The predicted molar refractivity (Wildman–Crippen MR) is 87.2 cm³/mol. The Morgan fingerprint density at radius 1 is 1.68 bits per heavy atom. The predicted octanol–water partition coefficient (Wildman–Crippen LogP) is 1.18. The number of nitrogens with zero attached hydrogens (tertiary/aromatic N) is 3. The van der Waals surface area contributed by atoms with Gasteiger partial charge in [-0.2, -0.15) is 10.2 Å². The third kappa shape index (κ3) is 4.66. The van der Waals surface area contributed by atoms with E-state index in [1.54, 1.807) is 20.8 Å². The summed E-state index contributed by atoms with van der Waals surface area (Å²) in [6.07, 6.45) is -0.484. The molecular weight excluding hydrogens is 351 g/mol. The minimum atomic E-state index is -4.22. The molecule has 0 spiro atoms. The quantitative estimate of drug-likeness (QED) is 0.702. The summed E-state index contributed by atoms with van der Waals surface area (Å²) in [7, 11) is -4.22. The molecule has 0 aromatic carbocycles. The number of hydrogen-bond donors (Lipinski definition) is 2. The highest BCUT2D eigenvalue weighted by Gasteiger charge is 2.48. The third-order valence-electron chi connectivity index (χ3n) is 3.65. The number of phosphoric ester groups is 1. The van der Waals surface area contributed by atoms with Gasteiger partial charge < -0.3 is 15.4 Å². The van der Waals surface area contributed by atoms with Crippen LogP contribution in [0.1, 0.15) is 33.4 Å². The summed E-state index contributed by atoms with van der Waals surface area (Å²) in [5.74, 6) is 0.0600. The standard InChI is InChI=1S/C14H21N4O6P/c1-9(2)24-25(20,21)22-7-10-6-14(3,8-15)12(23-10)18-5-4-11(16)17-13(18)19/h4-5,9-10,12H,6-7H2,1-3H3,(H,20,21)(H2,16,17,19)/t10-,12+,14-/m0/s1. The summed E-state index contributed by atoms with van der Waals surface area (Å²) in [5.41, 5.74) is 3.77. The summed E-state index contributed by atoms with van der Waals surface area (Å²) >= 11 is 0. The summed E-state index contributed by atoms with van der Waals surface area (Å²) in [4.78, 5) is 25.2. The summed E-state index contributed by atoms with van der Waals surface area (Å²) < 4.78 is 28.4. The van der Waals surface area contributed by atoms with Crippen LogP contribution in [0.25, 0.3) is 0 Å². The molecule has 1 aliphatic rings.